The van der Waals surface area contributed by atoms with Crippen LogP contribution in [0, 0.1) is 10.1 Å². The van der Waals surface area contributed by atoms with Crippen LogP contribution >= 0.6 is 0 Å². The number of hydrogen-bond acceptors (Lipinski definition) is 7. The number of nitrogens with one attached hydrogen (secondary N) is 1. The van der Waals surface area contributed by atoms with Crippen molar-refractivity contribution >= 4 is 29.5 Å². The van der Waals surface area contributed by atoms with Crippen molar-refractivity contribution in [2.75, 3.05) is 11.9 Å². The van der Waals surface area contributed by atoms with E-state index in [1.807, 2.05) is 18.2 Å². The number of amides is 1. The minimum absolute atomic E-state index is 0.107. The van der Waals surface area contributed by atoms with Gasteiger partial charge in [-0.25, -0.2) is 4.79 Å². The predicted molar refractivity (Wildman–Crippen MR) is 107 cm³/mol. The number of hydrogen-bond donors (Lipinski definition) is 1. The van der Waals surface area contributed by atoms with E-state index in [2.05, 4.69) is 5.32 Å². The number of furan rings is 1. The van der Waals surface area contributed by atoms with E-state index >= 15 is 0 Å². The van der Waals surface area contributed by atoms with E-state index in [1.165, 1.54) is 12.1 Å². The molecule has 9 heteroatoms. The average Bonchev–Trinajstić information content (AvgIpc) is 3.22. The predicted octanol–water partition coefficient (Wildman–Crippen LogP) is 4.18. The SMILES string of the molecule is O=C(COC(=O)/C=C/c1ccc([N+](=O)[O-])o1)Nc1ccccc1Oc1ccccc1. The van der Waals surface area contributed by atoms with Crippen LogP contribution in [0.3, 0.4) is 0 Å². The standard InChI is InChI=1S/C21H16N2O7/c24-19(14-28-21(25)13-11-16-10-12-20(30-16)23(26)27)22-17-8-4-5-9-18(17)29-15-6-2-1-3-7-15/h1-13H,14H2,(H,22,24)/b13-11+. The molecule has 3 aromatic rings. The Hall–Kier alpha value is -4.40. The van der Waals surface area contributed by atoms with E-state index in [1.54, 1.807) is 36.4 Å². The third kappa shape index (κ3) is 5.80. The third-order valence-corrected chi connectivity index (χ3v) is 3.65. The molecule has 1 heterocycles. The summed E-state index contributed by atoms with van der Waals surface area (Å²) in [5.74, 6) is -0.669. The quantitative estimate of drug-likeness (QED) is 0.257. The molecule has 0 aliphatic heterocycles. The van der Waals surface area contributed by atoms with Gasteiger partial charge in [-0.15, -0.1) is 0 Å². The maximum absolute atomic E-state index is 12.1. The second kappa shape index (κ2) is 9.69. The molecule has 0 unspecified atom stereocenters. The highest BCUT2D eigenvalue weighted by atomic mass is 16.6. The van der Waals surface area contributed by atoms with E-state index in [9.17, 15) is 19.7 Å². The summed E-state index contributed by atoms with van der Waals surface area (Å²) in [6.07, 6.45) is 2.21. The summed E-state index contributed by atoms with van der Waals surface area (Å²) in [7, 11) is 0. The molecule has 0 radical (unpaired) electrons. The van der Waals surface area contributed by atoms with Crippen molar-refractivity contribution in [2.45, 2.75) is 0 Å². The van der Waals surface area contributed by atoms with Gasteiger partial charge in [0.05, 0.1) is 11.8 Å². The number of esters is 1. The third-order valence-electron chi connectivity index (χ3n) is 3.65. The normalized spacial score (nSPS) is 10.5. The fourth-order valence-corrected chi connectivity index (χ4v) is 2.33. The van der Waals surface area contributed by atoms with E-state index < -0.39 is 29.3 Å². The first-order valence-corrected chi connectivity index (χ1v) is 8.72. The van der Waals surface area contributed by atoms with Crippen LogP contribution in [0.25, 0.3) is 6.08 Å². The van der Waals surface area contributed by atoms with E-state index in [-0.39, 0.29) is 5.76 Å². The molecule has 30 heavy (non-hydrogen) atoms. The van der Waals surface area contributed by atoms with Crippen LogP contribution in [0.5, 0.6) is 11.5 Å². The maximum atomic E-state index is 12.1. The lowest BCUT2D eigenvalue weighted by atomic mass is 10.3. The highest BCUT2D eigenvalue weighted by Crippen LogP contribution is 2.29. The Morgan fingerprint density at radius 2 is 1.77 bits per heavy atom. The van der Waals surface area contributed by atoms with Crippen LogP contribution < -0.4 is 10.1 Å². The molecular formula is C21H16N2O7. The van der Waals surface area contributed by atoms with Crippen LogP contribution in [0.15, 0.2) is 77.2 Å². The summed E-state index contributed by atoms with van der Waals surface area (Å²) in [5.41, 5.74) is 0.417. The van der Waals surface area contributed by atoms with E-state index in [4.69, 9.17) is 13.9 Å². The van der Waals surface area contributed by atoms with Crippen LogP contribution in [0.4, 0.5) is 11.6 Å². The number of carbonyl (C=O) groups is 2. The van der Waals surface area contributed by atoms with Crippen LogP contribution in [-0.4, -0.2) is 23.4 Å². The van der Waals surface area contributed by atoms with Gasteiger partial charge < -0.3 is 19.2 Å². The fraction of sp³-hybridized carbons (Fsp3) is 0.0476. The summed E-state index contributed by atoms with van der Waals surface area (Å²) in [6.45, 7) is -0.527. The average molecular weight is 408 g/mol. The summed E-state index contributed by atoms with van der Waals surface area (Å²) >= 11 is 0. The second-order valence-corrected chi connectivity index (χ2v) is 5.83. The molecule has 9 nitrogen and oxygen atoms in total. The largest absolute Gasteiger partial charge is 0.455 e. The number of carbonyl (C=O) groups excluding carboxylic acids is 2. The zero-order chi connectivity index (χ0) is 21.3. The minimum atomic E-state index is -0.807. The van der Waals surface area contributed by atoms with Crippen molar-refractivity contribution in [1.82, 2.24) is 0 Å². The van der Waals surface area contributed by atoms with Gasteiger partial charge in [-0.1, -0.05) is 30.3 Å². The molecule has 1 aromatic heterocycles. The molecule has 3 rings (SSSR count). The van der Waals surface area contributed by atoms with Gasteiger partial charge in [0, 0.05) is 6.08 Å². The van der Waals surface area contributed by atoms with Crippen molar-refractivity contribution in [3.63, 3.8) is 0 Å². The van der Waals surface area contributed by atoms with Gasteiger partial charge in [0.15, 0.2) is 12.4 Å². The molecule has 0 spiro atoms. The van der Waals surface area contributed by atoms with Gasteiger partial charge in [0.1, 0.15) is 16.4 Å². The Bertz CT molecular complexity index is 1070. The number of ether oxygens (including phenoxy) is 2. The Morgan fingerprint density at radius 1 is 1.03 bits per heavy atom. The van der Waals surface area contributed by atoms with Crippen molar-refractivity contribution in [2.24, 2.45) is 0 Å². The molecule has 0 fully saturated rings. The molecule has 0 bridgehead atoms. The van der Waals surface area contributed by atoms with Crippen molar-refractivity contribution in [3.8, 4) is 11.5 Å². The van der Waals surface area contributed by atoms with E-state index in [0.717, 1.165) is 12.1 Å². The van der Waals surface area contributed by atoms with Gasteiger partial charge >= 0.3 is 11.9 Å². The molecular weight excluding hydrogens is 392 g/mol. The van der Waals surface area contributed by atoms with Gasteiger partial charge in [0.2, 0.25) is 0 Å². The van der Waals surface area contributed by atoms with E-state index in [0.29, 0.717) is 17.2 Å². The van der Waals surface area contributed by atoms with Gasteiger partial charge in [-0.2, -0.15) is 0 Å². The number of benzene rings is 2. The van der Waals surface area contributed by atoms with Crippen LogP contribution in [-0.2, 0) is 14.3 Å². The molecule has 1 amide bonds. The monoisotopic (exact) mass is 408 g/mol. The van der Waals surface area contributed by atoms with Gasteiger partial charge in [-0.05, 0) is 36.4 Å². The molecule has 0 aliphatic rings. The fourth-order valence-electron chi connectivity index (χ4n) is 2.33. The first-order chi connectivity index (χ1) is 14.5. The number of nitrogens with zero attached hydrogens (tertiary/aromatic N) is 1. The molecule has 0 saturated carbocycles. The summed E-state index contributed by atoms with van der Waals surface area (Å²) in [5, 5.41) is 13.2. The molecule has 0 atom stereocenters. The topological polar surface area (TPSA) is 121 Å². The lowest BCUT2D eigenvalue weighted by Crippen LogP contribution is -2.20. The maximum Gasteiger partial charge on any atom is 0.433 e. The number of para-hydroxylation sites is 3. The van der Waals surface area contributed by atoms with Gasteiger partial charge in [0.25, 0.3) is 5.91 Å². The molecule has 2 aromatic carbocycles. The Balaban J connectivity index is 1.52. The van der Waals surface area contributed by atoms with Crippen LogP contribution in [0.1, 0.15) is 5.76 Å². The lowest BCUT2D eigenvalue weighted by Gasteiger charge is -2.12. The Kier molecular flexibility index (Phi) is 6.57. The number of rotatable bonds is 8. The molecule has 1 N–H and O–H groups in total. The first-order valence-electron chi connectivity index (χ1n) is 8.72. The van der Waals surface area contributed by atoms with Crippen molar-refractivity contribution < 1.29 is 28.4 Å². The van der Waals surface area contributed by atoms with Crippen LogP contribution in [0.2, 0.25) is 0 Å². The second-order valence-electron chi connectivity index (χ2n) is 5.83. The minimum Gasteiger partial charge on any atom is -0.455 e. The Labute approximate surface area is 170 Å². The summed E-state index contributed by atoms with van der Waals surface area (Å²) < 4.78 is 15.5. The first kappa shape index (κ1) is 20.3. The summed E-state index contributed by atoms with van der Waals surface area (Å²) in [4.78, 5) is 33.7. The highest BCUT2D eigenvalue weighted by molar-refractivity contribution is 5.95. The molecule has 0 aliphatic carbocycles. The number of anilines is 1. The molecule has 0 saturated heterocycles. The number of nitro groups is 1. The van der Waals surface area contributed by atoms with Gasteiger partial charge in [-0.3, -0.25) is 14.9 Å². The highest BCUT2D eigenvalue weighted by Gasteiger charge is 2.12. The zero-order valence-corrected chi connectivity index (χ0v) is 15.5. The molecule has 152 valence electrons. The van der Waals surface area contributed by atoms with Crippen molar-refractivity contribution in [3.05, 3.63) is 88.7 Å². The van der Waals surface area contributed by atoms with Crippen molar-refractivity contribution in [1.29, 1.82) is 0 Å². The Morgan fingerprint density at radius 3 is 2.50 bits per heavy atom. The smallest absolute Gasteiger partial charge is 0.433 e. The zero-order valence-electron chi connectivity index (χ0n) is 15.5. The lowest BCUT2D eigenvalue weighted by molar-refractivity contribution is -0.402. The summed E-state index contributed by atoms with van der Waals surface area (Å²) in [6, 6.07) is 18.4.